The molecule has 13 heteroatoms. The zero-order chi connectivity index (χ0) is 22.9. The Labute approximate surface area is 188 Å². The van der Waals surface area contributed by atoms with Crippen molar-refractivity contribution < 1.29 is 17.9 Å². The third-order valence-electron chi connectivity index (χ3n) is 4.84. The number of carbonyl (C=O) groups excluding carboxylic acids is 1. The van der Waals surface area contributed by atoms with Crippen LogP contribution in [0.15, 0.2) is 35.5 Å². The maximum Gasteiger partial charge on any atom is 0.252 e. The normalized spacial score (nSPS) is 14.9. The van der Waals surface area contributed by atoms with E-state index in [1.807, 2.05) is 0 Å². The van der Waals surface area contributed by atoms with Gasteiger partial charge in [-0.15, -0.1) is 0 Å². The van der Waals surface area contributed by atoms with Gasteiger partial charge in [0, 0.05) is 31.2 Å². The molecule has 0 atom stereocenters. The molecule has 3 aromatic rings. The number of nitrogens with one attached hydrogen (secondary N) is 1. The van der Waals surface area contributed by atoms with Crippen LogP contribution < -0.4 is 16.8 Å². The molecule has 1 aliphatic heterocycles. The molecule has 3 heterocycles. The minimum absolute atomic E-state index is 0.124. The second-order valence-electron chi connectivity index (χ2n) is 7.00. The van der Waals surface area contributed by atoms with Crippen LogP contribution in [-0.2, 0) is 14.8 Å². The minimum Gasteiger partial charge on any atom is -0.379 e. The van der Waals surface area contributed by atoms with Crippen molar-refractivity contribution in [3.05, 3.63) is 41.7 Å². The van der Waals surface area contributed by atoms with Crippen LogP contribution in [0.1, 0.15) is 15.9 Å². The Kier molecular flexibility index (Phi) is 6.06. The van der Waals surface area contributed by atoms with E-state index in [1.54, 1.807) is 19.1 Å². The third kappa shape index (κ3) is 4.41. The van der Waals surface area contributed by atoms with Crippen molar-refractivity contribution in [1.82, 2.24) is 19.3 Å². The van der Waals surface area contributed by atoms with Crippen LogP contribution in [0.25, 0.3) is 10.6 Å². The number of nitrogen functional groups attached to an aromatic ring is 1. The lowest BCUT2D eigenvalue weighted by Gasteiger charge is -2.26. The molecule has 0 spiro atoms. The van der Waals surface area contributed by atoms with Gasteiger partial charge in [-0.3, -0.25) is 4.79 Å². The number of nitrogens with zero attached hydrogens (tertiary/aromatic N) is 4. The molecule has 2 aromatic heterocycles. The number of sulfonamides is 1. The van der Waals surface area contributed by atoms with Gasteiger partial charge in [-0.2, -0.15) is 4.31 Å². The van der Waals surface area contributed by atoms with Gasteiger partial charge in [0.25, 0.3) is 5.91 Å². The second-order valence-corrected chi connectivity index (χ2v) is 9.97. The zero-order valence-corrected chi connectivity index (χ0v) is 18.7. The first-order chi connectivity index (χ1) is 15.3. The molecule has 168 valence electrons. The number of benzene rings is 1. The Morgan fingerprint density at radius 2 is 1.97 bits per heavy atom. The summed E-state index contributed by atoms with van der Waals surface area (Å²) in [6.07, 6.45) is 2.81. The van der Waals surface area contributed by atoms with Gasteiger partial charge >= 0.3 is 0 Å². The fourth-order valence-corrected chi connectivity index (χ4v) is 5.57. The molecule has 0 unspecified atom stereocenters. The van der Waals surface area contributed by atoms with E-state index < -0.39 is 15.9 Å². The molecule has 1 aromatic carbocycles. The number of ether oxygens (including phenoxy) is 1. The molecule has 1 saturated heterocycles. The highest BCUT2D eigenvalue weighted by Crippen LogP contribution is 2.30. The van der Waals surface area contributed by atoms with Crippen molar-refractivity contribution in [2.24, 2.45) is 5.73 Å². The average molecular weight is 476 g/mol. The Balaban J connectivity index is 1.68. The van der Waals surface area contributed by atoms with Crippen molar-refractivity contribution in [3.8, 4) is 10.6 Å². The maximum atomic E-state index is 13.1. The van der Waals surface area contributed by atoms with Gasteiger partial charge in [-0.1, -0.05) is 17.4 Å². The summed E-state index contributed by atoms with van der Waals surface area (Å²) in [5, 5.41) is 3.32. The SMILES string of the molecule is Cc1ccc(Nc2ncc(C(N)=O)c(-c3cnc(N)s3)n2)cc1S(=O)(=O)N1CCOCC1. The molecule has 0 bridgehead atoms. The van der Waals surface area contributed by atoms with Gasteiger partial charge < -0.3 is 21.5 Å². The number of morpholine rings is 1. The third-order valence-corrected chi connectivity index (χ3v) is 7.72. The number of amides is 1. The van der Waals surface area contributed by atoms with Crippen molar-refractivity contribution in [2.75, 3.05) is 37.4 Å². The van der Waals surface area contributed by atoms with Gasteiger partial charge in [-0.25, -0.2) is 23.4 Å². The maximum absolute atomic E-state index is 13.1. The fraction of sp³-hybridized carbons (Fsp3) is 0.263. The van der Waals surface area contributed by atoms with E-state index in [-0.39, 0.29) is 22.1 Å². The van der Waals surface area contributed by atoms with E-state index in [4.69, 9.17) is 16.2 Å². The summed E-state index contributed by atoms with van der Waals surface area (Å²) in [6, 6.07) is 4.97. The molecule has 0 radical (unpaired) electrons. The van der Waals surface area contributed by atoms with E-state index in [9.17, 15) is 13.2 Å². The number of primary amides is 1. The molecule has 1 amide bonds. The smallest absolute Gasteiger partial charge is 0.252 e. The fourth-order valence-electron chi connectivity index (χ4n) is 3.22. The second kappa shape index (κ2) is 8.78. The topological polar surface area (TPSA) is 166 Å². The van der Waals surface area contributed by atoms with Gasteiger partial charge in [0.05, 0.1) is 28.5 Å². The molecule has 0 aliphatic carbocycles. The number of hydrogen-bond acceptors (Lipinski definition) is 10. The first-order valence-corrected chi connectivity index (χ1v) is 11.9. The zero-order valence-electron chi connectivity index (χ0n) is 17.1. The summed E-state index contributed by atoms with van der Waals surface area (Å²) < 4.78 is 32.9. The summed E-state index contributed by atoms with van der Waals surface area (Å²) in [6.45, 7) is 3.07. The standard InChI is InChI=1S/C19H21N7O4S2/c1-11-2-3-12(8-15(11)32(28,29)26-4-6-30-7-5-26)24-19-23-9-13(17(20)27)16(25-19)14-10-22-18(21)31-14/h2-3,8-10H,4-7H2,1H3,(H2,20,27)(H2,21,22)(H,23,24,25). The van der Waals surface area contributed by atoms with Crippen LogP contribution in [0.4, 0.5) is 16.8 Å². The summed E-state index contributed by atoms with van der Waals surface area (Å²) >= 11 is 1.16. The predicted molar refractivity (Wildman–Crippen MR) is 120 cm³/mol. The predicted octanol–water partition coefficient (Wildman–Crippen LogP) is 1.35. The molecule has 0 saturated carbocycles. The highest BCUT2D eigenvalue weighted by atomic mass is 32.2. The van der Waals surface area contributed by atoms with Crippen LogP contribution in [0.3, 0.4) is 0 Å². The number of anilines is 3. The van der Waals surface area contributed by atoms with Crippen LogP contribution in [-0.4, -0.2) is 59.9 Å². The molecule has 1 aliphatic rings. The van der Waals surface area contributed by atoms with Crippen molar-refractivity contribution >= 4 is 44.0 Å². The summed E-state index contributed by atoms with van der Waals surface area (Å²) in [5.74, 6) is -0.525. The van der Waals surface area contributed by atoms with Crippen LogP contribution in [0.5, 0.6) is 0 Å². The van der Waals surface area contributed by atoms with Gasteiger partial charge in [-0.05, 0) is 24.6 Å². The van der Waals surface area contributed by atoms with Crippen LogP contribution >= 0.6 is 11.3 Å². The molecule has 32 heavy (non-hydrogen) atoms. The summed E-state index contributed by atoms with van der Waals surface area (Å²) in [5.41, 5.74) is 12.7. The Hall–Kier alpha value is -3.13. The molecule has 11 nitrogen and oxygen atoms in total. The van der Waals surface area contributed by atoms with E-state index in [0.29, 0.717) is 47.6 Å². The minimum atomic E-state index is -3.68. The van der Waals surface area contributed by atoms with Crippen molar-refractivity contribution in [1.29, 1.82) is 0 Å². The molecule has 5 N–H and O–H groups in total. The Bertz CT molecular complexity index is 1270. The molecular formula is C19H21N7O4S2. The van der Waals surface area contributed by atoms with Gasteiger partial charge in [0.2, 0.25) is 16.0 Å². The van der Waals surface area contributed by atoms with E-state index >= 15 is 0 Å². The molecule has 1 fully saturated rings. The largest absolute Gasteiger partial charge is 0.379 e. The number of rotatable bonds is 6. The van der Waals surface area contributed by atoms with Gasteiger partial charge in [0.15, 0.2) is 5.13 Å². The van der Waals surface area contributed by atoms with Crippen LogP contribution in [0, 0.1) is 6.92 Å². The van der Waals surface area contributed by atoms with Gasteiger partial charge in [0.1, 0.15) is 5.69 Å². The Morgan fingerprint density at radius 1 is 1.22 bits per heavy atom. The van der Waals surface area contributed by atoms with Crippen LogP contribution in [0.2, 0.25) is 0 Å². The lowest BCUT2D eigenvalue weighted by molar-refractivity contribution is 0.0730. The number of nitrogens with two attached hydrogens (primary N) is 2. The number of aromatic nitrogens is 3. The lowest BCUT2D eigenvalue weighted by atomic mass is 10.2. The van der Waals surface area contributed by atoms with E-state index in [0.717, 1.165) is 11.3 Å². The monoisotopic (exact) mass is 475 g/mol. The van der Waals surface area contributed by atoms with E-state index in [1.165, 1.54) is 22.8 Å². The van der Waals surface area contributed by atoms with E-state index in [2.05, 4.69) is 20.3 Å². The summed E-state index contributed by atoms with van der Waals surface area (Å²) in [7, 11) is -3.68. The highest BCUT2D eigenvalue weighted by molar-refractivity contribution is 7.89. The number of thiazole rings is 1. The first-order valence-electron chi connectivity index (χ1n) is 9.60. The lowest BCUT2D eigenvalue weighted by Crippen LogP contribution is -2.40. The first kappa shape index (κ1) is 22.1. The summed E-state index contributed by atoms with van der Waals surface area (Å²) in [4.78, 5) is 25.1. The average Bonchev–Trinajstić information content (AvgIpc) is 3.21. The molecule has 4 rings (SSSR count). The van der Waals surface area contributed by atoms with Crippen molar-refractivity contribution in [3.63, 3.8) is 0 Å². The number of carbonyl (C=O) groups is 1. The number of hydrogen-bond donors (Lipinski definition) is 3. The molecular weight excluding hydrogens is 454 g/mol. The van der Waals surface area contributed by atoms with Crippen molar-refractivity contribution in [2.45, 2.75) is 11.8 Å². The number of aryl methyl sites for hydroxylation is 1. The Morgan fingerprint density at radius 3 is 2.62 bits per heavy atom. The highest BCUT2D eigenvalue weighted by Gasteiger charge is 2.28. The quantitative estimate of drug-likeness (QED) is 0.477.